The summed E-state index contributed by atoms with van der Waals surface area (Å²) in [5.41, 5.74) is -12.6. The third-order valence-corrected chi connectivity index (χ3v) is 2.61. The molecule has 1 aliphatic rings. The molecule has 0 spiro atoms. The van der Waals surface area contributed by atoms with Gasteiger partial charge in [0.25, 0.3) is 5.60 Å². The van der Waals surface area contributed by atoms with E-state index in [0.29, 0.717) is 0 Å². The van der Waals surface area contributed by atoms with Gasteiger partial charge in [0.05, 0.1) is 6.61 Å². The van der Waals surface area contributed by atoms with Gasteiger partial charge in [-0.15, -0.1) is 0 Å². The first-order chi connectivity index (χ1) is 8.46. The van der Waals surface area contributed by atoms with Crippen molar-refractivity contribution in [2.45, 2.75) is 35.7 Å². The Kier molecular flexibility index (Phi) is 3.31. The highest BCUT2D eigenvalue weighted by Gasteiger charge is 2.95. The third kappa shape index (κ3) is 1.84. The highest BCUT2D eigenvalue weighted by atomic mass is 19.4. The monoisotopic (exact) mass is 330 g/mol. The second-order valence-corrected chi connectivity index (χ2v) is 3.84. The van der Waals surface area contributed by atoms with E-state index in [1.165, 1.54) is 0 Å². The second-order valence-electron chi connectivity index (χ2n) is 3.84. The minimum Gasteiger partial charge on any atom is -0.355 e. The van der Waals surface area contributed by atoms with Crippen LogP contribution in [0.25, 0.3) is 0 Å². The van der Waals surface area contributed by atoms with E-state index in [1.54, 1.807) is 0 Å². The number of hydrogen-bond donors (Lipinski definition) is 0. The van der Waals surface area contributed by atoms with Crippen molar-refractivity contribution >= 4 is 0 Å². The van der Waals surface area contributed by atoms with Gasteiger partial charge in [0.15, 0.2) is 0 Å². The van der Waals surface area contributed by atoms with Crippen molar-refractivity contribution < 1.29 is 57.4 Å². The Balaban J connectivity index is 3.51. The molecular formula is C7H2F12O. The van der Waals surface area contributed by atoms with E-state index in [1.807, 2.05) is 0 Å². The van der Waals surface area contributed by atoms with Crippen LogP contribution < -0.4 is 0 Å². The molecule has 1 nitrogen and oxygen atoms in total. The molecule has 0 aliphatic carbocycles. The molecule has 1 fully saturated rings. The van der Waals surface area contributed by atoms with Gasteiger partial charge < -0.3 is 4.74 Å². The molecule has 120 valence electrons. The predicted molar refractivity (Wildman–Crippen MR) is 35.6 cm³/mol. The van der Waals surface area contributed by atoms with Gasteiger partial charge in [-0.2, -0.15) is 48.3 Å². The maximum absolute atomic E-state index is 13.1. The standard InChI is InChI=1S/C7H2F12O/c8-3(6(14,15)16,7(17,18)19)4(9,10)2(1-20-2)5(11,12)13/h1H2. The molecule has 1 rings (SSSR count). The molecular weight excluding hydrogens is 328 g/mol. The van der Waals surface area contributed by atoms with Crippen LogP contribution in [0.5, 0.6) is 0 Å². The zero-order chi connectivity index (χ0) is 16.4. The van der Waals surface area contributed by atoms with Gasteiger partial charge in [0.1, 0.15) is 0 Å². The summed E-state index contributed by atoms with van der Waals surface area (Å²) in [6.45, 7) is -2.22. The summed E-state index contributed by atoms with van der Waals surface area (Å²) >= 11 is 0. The number of halogens is 12. The Labute approximate surface area is 101 Å². The van der Waals surface area contributed by atoms with E-state index in [4.69, 9.17) is 0 Å². The molecule has 1 unspecified atom stereocenters. The fourth-order valence-electron chi connectivity index (χ4n) is 1.39. The normalized spacial score (nSPS) is 25.8. The molecule has 20 heavy (non-hydrogen) atoms. The first kappa shape index (κ1) is 17.2. The van der Waals surface area contributed by atoms with Crippen LogP contribution in [-0.4, -0.2) is 42.3 Å². The maximum atomic E-state index is 13.1. The quantitative estimate of drug-likeness (QED) is 0.554. The molecule has 0 aromatic rings. The molecule has 1 aliphatic heterocycles. The van der Waals surface area contributed by atoms with Crippen LogP contribution in [0.3, 0.4) is 0 Å². The molecule has 0 N–H and O–H groups in total. The zero-order valence-electron chi connectivity index (χ0n) is 8.65. The molecule has 0 saturated carbocycles. The van der Waals surface area contributed by atoms with Crippen LogP contribution >= 0.6 is 0 Å². The maximum Gasteiger partial charge on any atom is 0.437 e. The Morgan fingerprint density at radius 2 is 0.950 bits per heavy atom. The van der Waals surface area contributed by atoms with E-state index in [-0.39, 0.29) is 0 Å². The van der Waals surface area contributed by atoms with E-state index in [2.05, 4.69) is 4.74 Å². The fraction of sp³-hybridized carbons (Fsp3) is 1.00. The highest BCUT2D eigenvalue weighted by molar-refractivity contribution is 5.21. The van der Waals surface area contributed by atoms with Gasteiger partial charge in [0.2, 0.25) is 0 Å². The summed E-state index contributed by atoms with van der Waals surface area (Å²) in [4.78, 5) is 0. The molecule has 0 amide bonds. The van der Waals surface area contributed by atoms with E-state index in [9.17, 15) is 52.7 Å². The van der Waals surface area contributed by atoms with Crippen molar-refractivity contribution in [3.05, 3.63) is 0 Å². The van der Waals surface area contributed by atoms with Gasteiger partial charge in [-0.3, -0.25) is 0 Å². The van der Waals surface area contributed by atoms with Crippen molar-refractivity contribution in [1.29, 1.82) is 0 Å². The first-order valence-corrected chi connectivity index (χ1v) is 4.36. The van der Waals surface area contributed by atoms with Crippen LogP contribution in [0.4, 0.5) is 52.7 Å². The van der Waals surface area contributed by atoms with Crippen molar-refractivity contribution in [3.8, 4) is 0 Å². The average molecular weight is 330 g/mol. The second kappa shape index (κ2) is 3.85. The first-order valence-electron chi connectivity index (χ1n) is 4.36. The Morgan fingerprint density at radius 3 is 1.10 bits per heavy atom. The summed E-state index contributed by atoms with van der Waals surface area (Å²) in [7, 11) is 0. The largest absolute Gasteiger partial charge is 0.437 e. The van der Waals surface area contributed by atoms with Crippen molar-refractivity contribution in [1.82, 2.24) is 0 Å². The van der Waals surface area contributed by atoms with Crippen LogP contribution in [-0.2, 0) is 4.74 Å². The van der Waals surface area contributed by atoms with Crippen LogP contribution in [0.15, 0.2) is 0 Å². The SMILES string of the molecule is FC(F)(F)C1(C(F)(F)C(F)(C(F)(F)F)C(F)(F)F)CO1. The van der Waals surface area contributed by atoms with E-state index < -0.39 is 42.3 Å². The molecule has 1 saturated heterocycles. The summed E-state index contributed by atoms with van der Waals surface area (Å²) in [6, 6.07) is 0. The minimum atomic E-state index is -7.40. The Morgan fingerprint density at radius 1 is 0.650 bits per heavy atom. The topological polar surface area (TPSA) is 12.5 Å². The number of epoxide rings is 1. The van der Waals surface area contributed by atoms with Crippen LogP contribution in [0.1, 0.15) is 0 Å². The lowest BCUT2D eigenvalue weighted by Gasteiger charge is -2.39. The van der Waals surface area contributed by atoms with Gasteiger partial charge >= 0.3 is 30.1 Å². The van der Waals surface area contributed by atoms with Crippen molar-refractivity contribution in [2.24, 2.45) is 0 Å². The van der Waals surface area contributed by atoms with Gasteiger partial charge in [-0.1, -0.05) is 0 Å². The van der Waals surface area contributed by atoms with E-state index in [0.717, 1.165) is 0 Å². The number of rotatable bonds is 2. The number of hydrogen-bond acceptors (Lipinski definition) is 1. The lowest BCUT2D eigenvalue weighted by atomic mass is 9.85. The van der Waals surface area contributed by atoms with Gasteiger partial charge in [-0.25, -0.2) is 4.39 Å². The Bertz CT molecular complexity index is 368. The van der Waals surface area contributed by atoms with Crippen LogP contribution in [0, 0.1) is 0 Å². The number of ether oxygens (including phenoxy) is 1. The van der Waals surface area contributed by atoms with Gasteiger partial charge in [0, 0.05) is 0 Å². The van der Waals surface area contributed by atoms with E-state index >= 15 is 0 Å². The number of alkyl halides is 12. The lowest BCUT2D eigenvalue weighted by molar-refractivity contribution is -0.419. The smallest absolute Gasteiger partial charge is 0.355 e. The summed E-state index contributed by atoms with van der Waals surface area (Å²) < 4.78 is 151. The molecule has 0 radical (unpaired) electrons. The summed E-state index contributed by atoms with van der Waals surface area (Å²) in [5, 5.41) is 0. The third-order valence-electron chi connectivity index (χ3n) is 2.61. The zero-order valence-corrected chi connectivity index (χ0v) is 8.65. The van der Waals surface area contributed by atoms with Crippen molar-refractivity contribution in [2.75, 3.05) is 6.61 Å². The molecule has 1 heterocycles. The molecule has 13 heteroatoms. The molecule has 1 atom stereocenters. The van der Waals surface area contributed by atoms with Gasteiger partial charge in [-0.05, 0) is 0 Å². The highest BCUT2D eigenvalue weighted by Crippen LogP contribution is 2.65. The average Bonchev–Trinajstić information content (AvgIpc) is 2.91. The Hall–Kier alpha value is -0.880. The molecule has 0 aromatic heterocycles. The van der Waals surface area contributed by atoms with Crippen molar-refractivity contribution in [3.63, 3.8) is 0 Å². The minimum absolute atomic E-state index is 2.22. The summed E-state index contributed by atoms with van der Waals surface area (Å²) in [6.07, 6.45) is -21.0. The van der Waals surface area contributed by atoms with Crippen LogP contribution in [0.2, 0.25) is 0 Å². The predicted octanol–water partition coefficient (Wildman–Crippen LogP) is 3.79. The fourth-order valence-corrected chi connectivity index (χ4v) is 1.39. The summed E-state index contributed by atoms with van der Waals surface area (Å²) in [5.74, 6) is -6.95. The lowest BCUT2D eigenvalue weighted by Crippen LogP contribution is -2.71. The molecule has 0 bridgehead atoms. The molecule has 0 aromatic carbocycles.